The van der Waals surface area contributed by atoms with Crippen molar-refractivity contribution in [1.82, 2.24) is 0 Å². The number of benzene rings is 3. The maximum Gasteiger partial charge on any atom is 0.354 e. The van der Waals surface area contributed by atoms with Crippen LogP contribution < -0.4 is 4.74 Å². The molecule has 0 N–H and O–H groups in total. The van der Waals surface area contributed by atoms with Gasteiger partial charge in [-0.3, -0.25) is 0 Å². The first-order valence-electron chi connectivity index (χ1n) is 11.3. The Morgan fingerprint density at radius 3 is 2.31 bits per heavy atom. The fourth-order valence-electron chi connectivity index (χ4n) is 3.70. The quantitative estimate of drug-likeness (QED) is 0.182. The molecule has 0 radical (unpaired) electrons. The number of unbranched alkanes of at least 4 members (excludes halogenated alkanes) is 5. The van der Waals surface area contributed by atoms with Gasteiger partial charge in [0.1, 0.15) is 5.75 Å². The highest BCUT2D eigenvalue weighted by molar-refractivity contribution is 5.98. The lowest BCUT2D eigenvalue weighted by molar-refractivity contribution is 0.0686. The molecule has 0 aliphatic carbocycles. The zero-order valence-electron chi connectivity index (χ0n) is 18.5. The van der Waals surface area contributed by atoms with Crippen molar-refractivity contribution in [3.05, 3.63) is 78.4 Å². The van der Waals surface area contributed by atoms with E-state index in [4.69, 9.17) is 10.00 Å². The summed E-state index contributed by atoms with van der Waals surface area (Å²) in [5.41, 5.74) is 4.01. The molecule has 3 aromatic rings. The van der Waals surface area contributed by atoms with E-state index in [9.17, 15) is 4.79 Å². The van der Waals surface area contributed by atoms with Gasteiger partial charge in [0.15, 0.2) is 0 Å². The highest BCUT2D eigenvalue weighted by Gasteiger charge is 2.16. The molecule has 32 heavy (non-hydrogen) atoms. The summed E-state index contributed by atoms with van der Waals surface area (Å²) < 4.78 is 10.6. The number of esters is 1. The number of carbonyl (C=O) groups excluding carboxylic acids is 1. The van der Waals surface area contributed by atoms with Crippen molar-refractivity contribution in [3.63, 3.8) is 0 Å². The average Bonchev–Trinajstić information content (AvgIpc) is 2.84. The molecule has 0 unspecified atom stereocenters. The number of hydrogen-bond donors (Lipinski definition) is 0. The normalized spacial score (nSPS) is 10.4. The van der Waals surface area contributed by atoms with Gasteiger partial charge in [-0.2, -0.15) is 0 Å². The summed E-state index contributed by atoms with van der Waals surface area (Å²) in [6, 6.07) is 23.3. The van der Waals surface area contributed by atoms with Crippen LogP contribution in [-0.4, -0.2) is 12.6 Å². The second-order valence-electron chi connectivity index (χ2n) is 7.75. The summed E-state index contributed by atoms with van der Waals surface area (Å²) in [5, 5.41) is 8.81. The van der Waals surface area contributed by atoms with Gasteiger partial charge in [-0.25, -0.2) is 4.79 Å². The maximum atomic E-state index is 12.4. The lowest BCUT2D eigenvalue weighted by Crippen LogP contribution is -2.05. The number of rotatable bonds is 11. The van der Waals surface area contributed by atoms with E-state index in [-0.39, 0.29) is 0 Å². The van der Waals surface area contributed by atoms with Crippen molar-refractivity contribution >= 4 is 5.97 Å². The maximum absolute atomic E-state index is 12.4. The molecular weight excluding hydrogens is 398 g/mol. The third kappa shape index (κ3) is 6.46. The minimum Gasteiger partial charge on any atom is -0.494 e. The lowest BCUT2D eigenvalue weighted by atomic mass is 9.95. The molecule has 164 valence electrons. The molecule has 3 aromatic carbocycles. The molecule has 0 spiro atoms. The predicted molar refractivity (Wildman–Crippen MR) is 127 cm³/mol. The highest BCUT2D eigenvalue weighted by atomic mass is 16.5. The molecule has 0 aliphatic rings. The van der Waals surface area contributed by atoms with Gasteiger partial charge in [-0.05, 0) is 52.9 Å². The van der Waals surface area contributed by atoms with Gasteiger partial charge in [0.25, 0.3) is 6.26 Å². The van der Waals surface area contributed by atoms with E-state index in [1.165, 1.54) is 31.9 Å². The minimum atomic E-state index is -0.671. The Bertz CT molecular complexity index is 1050. The third-order valence-electron chi connectivity index (χ3n) is 5.40. The van der Waals surface area contributed by atoms with E-state index in [1.807, 2.05) is 60.7 Å². The zero-order valence-corrected chi connectivity index (χ0v) is 18.5. The fraction of sp³-hybridized carbons (Fsp3) is 0.286. The van der Waals surface area contributed by atoms with E-state index in [2.05, 4.69) is 11.7 Å². The molecule has 0 bridgehead atoms. The Morgan fingerprint density at radius 2 is 1.53 bits per heavy atom. The zero-order chi connectivity index (χ0) is 22.6. The summed E-state index contributed by atoms with van der Waals surface area (Å²) in [6.45, 7) is 2.85. The Kier molecular flexibility index (Phi) is 8.89. The van der Waals surface area contributed by atoms with Gasteiger partial charge in [0.05, 0.1) is 12.2 Å². The predicted octanol–water partition coefficient (Wildman–Crippen LogP) is 7.40. The molecule has 0 heterocycles. The SMILES string of the molecule is CCCCCCCCOc1ccc(C(=O)OC#N)c(-c2cccc(-c3ccccc3)c2)c1. The van der Waals surface area contributed by atoms with Crippen LogP contribution in [0.25, 0.3) is 22.3 Å². The number of hydrogen-bond acceptors (Lipinski definition) is 4. The fourth-order valence-corrected chi connectivity index (χ4v) is 3.70. The molecule has 3 rings (SSSR count). The van der Waals surface area contributed by atoms with Crippen LogP contribution in [0, 0.1) is 11.5 Å². The molecule has 4 nitrogen and oxygen atoms in total. The van der Waals surface area contributed by atoms with Crippen molar-refractivity contribution in [1.29, 1.82) is 5.26 Å². The first-order chi connectivity index (χ1) is 15.7. The van der Waals surface area contributed by atoms with Crippen molar-refractivity contribution in [2.45, 2.75) is 45.4 Å². The second kappa shape index (κ2) is 12.3. The highest BCUT2D eigenvalue weighted by Crippen LogP contribution is 2.32. The Balaban J connectivity index is 1.82. The summed E-state index contributed by atoms with van der Waals surface area (Å²) in [5.74, 6) is 0.0299. The summed E-state index contributed by atoms with van der Waals surface area (Å²) in [4.78, 5) is 12.4. The lowest BCUT2D eigenvalue weighted by Gasteiger charge is -2.13. The van der Waals surface area contributed by atoms with E-state index < -0.39 is 5.97 Å². The van der Waals surface area contributed by atoms with Crippen molar-refractivity contribution in [2.75, 3.05) is 6.61 Å². The number of nitrogens with zero attached hydrogens (tertiary/aromatic N) is 1. The molecule has 0 saturated carbocycles. The number of ether oxygens (including phenoxy) is 2. The molecule has 0 atom stereocenters. The average molecular weight is 428 g/mol. The van der Waals surface area contributed by atoms with E-state index in [0.29, 0.717) is 23.5 Å². The first-order valence-corrected chi connectivity index (χ1v) is 11.3. The smallest absolute Gasteiger partial charge is 0.354 e. The monoisotopic (exact) mass is 427 g/mol. The molecular formula is C28H29NO3. The van der Waals surface area contributed by atoms with Crippen LogP contribution >= 0.6 is 0 Å². The van der Waals surface area contributed by atoms with Gasteiger partial charge < -0.3 is 9.47 Å². The van der Waals surface area contributed by atoms with E-state index in [1.54, 1.807) is 12.1 Å². The largest absolute Gasteiger partial charge is 0.494 e. The molecule has 4 heteroatoms. The topological polar surface area (TPSA) is 59.3 Å². The van der Waals surface area contributed by atoms with E-state index >= 15 is 0 Å². The summed E-state index contributed by atoms with van der Waals surface area (Å²) in [7, 11) is 0. The molecule has 0 amide bonds. The van der Waals surface area contributed by atoms with Gasteiger partial charge in [0.2, 0.25) is 0 Å². The van der Waals surface area contributed by atoms with Crippen molar-refractivity contribution < 1.29 is 14.3 Å². The minimum absolute atomic E-state index is 0.337. The molecule has 0 saturated heterocycles. The van der Waals surface area contributed by atoms with Gasteiger partial charge in [0, 0.05) is 0 Å². The van der Waals surface area contributed by atoms with Crippen LogP contribution in [0.3, 0.4) is 0 Å². The standard InChI is InChI=1S/C28H29NO3/c1-2-3-4-5-6-10-18-31-25-16-17-26(28(30)32-21-29)27(20-25)24-15-11-14-23(19-24)22-12-8-7-9-13-22/h7-9,11-17,19-20H,2-6,10,18H2,1H3. The number of nitriles is 1. The van der Waals surface area contributed by atoms with Crippen LogP contribution in [0.4, 0.5) is 0 Å². The van der Waals surface area contributed by atoms with Crippen LogP contribution in [0.15, 0.2) is 72.8 Å². The van der Waals surface area contributed by atoms with Crippen molar-refractivity contribution in [2.24, 2.45) is 0 Å². The Labute approximate surface area is 190 Å². The summed E-state index contributed by atoms with van der Waals surface area (Å²) >= 11 is 0. The summed E-state index contributed by atoms with van der Waals surface area (Å²) in [6.07, 6.45) is 8.66. The molecule has 0 fully saturated rings. The Morgan fingerprint density at radius 1 is 0.812 bits per heavy atom. The number of carbonyl (C=O) groups is 1. The van der Waals surface area contributed by atoms with Crippen LogP contribution in [0.5, 0.6) is 5.75 Å². The molecule has 0 aromatic heterocycles. The molecule has 0 aliphatic heterocycles. The Hall–Kier alpha value is -3.58. The van der Waals surface area contributed by atoms with E-state index in [0.717, 1.165) is 29.5 Å². The van der Waals surface area contributed by atoms with Crippen LogP contribution in [-0.2, 0) is 4.74 Å². The van der Waals surface area contributed by atoms with Gasteiger partial charge in [-0.1, -0.05) is 87.6 Å². The second-order valence-corrected chi connectivity index (χ2v) is 7.75. The van der Waals surface area contributed by atoms with Gasteiger partial charge in [-0.15, -0.1) is 5.26 Å². The van der Waals surface area contributed by atoms with Crippen LogP contribution in [0.2, 0.25) is 0 Å². The third-order valence-corrected chi connectivity index (χ3v) is 5.40. The first kappa shape index (κ1) is 23.1. The van der Waals surface area contributed by atoms with Crippen molar-refractivity contribution in [3.8, 4) is 34.3 Å². The van der Waals surface area contributed by atoms with Crippen LogP contribution in [0.1, 0.15) is 55.8 Å². The van der Waals surface area contributed by atoms with Gasteiger partial charge >= 0.3 is 5.97 Å².